The van der Waals surface area contributed by atoms with E-state index in [1.807, 2.05) is 0 Å². The van der Waals surface area contributed by atoms with E-state index in [4.69, 9.17) is 12.2 Å². The van der Waals surface area contributed by atoms with Crippen molar-refractivity contribution in [2.45, 2.75) is 4.90 Å². The number of hydrogen-bond acceptors (Lipinski definition) is 4. The van der Waals surface area contributed by atoms with Gasteiger partial charge in [-0.2, -0.15) is 0 Å². The molecular formula is C7H8N2O2S2. The van der Waals surface area contributed by atoms with Gasteiger partial charge in [0.2, 0.25) is 0 Å². The third kappa shape index (κ3) is 1.43. The molecule has 1 aliphatic heterocycles. The summed E-state index contributed by atoms with van der Waals surface area (Å²) in [5, 5.41) is 0. The van der Waals surface area contributed by atoms with Gasteiger partial charge in [-0.1, -0.05) is 30.4 Å². The topological polar surface area (TPSA) is 81.2 Å². The second-order valence-corrected chi connectivity index (χ2v) is 4.49. The Bertz CT molecular complexity index is 453. The van der Waals surface area contributed by atoms with E-state index in [9.17, 15) is 8.42 Å². The first-order valence-corrected chi connectivity index (χ1v) is 5.16. The average molecular weight is 216 g/mol. The molecule has 0 aliphatic carbocycles. The lowest BCUT2D eigenvalue weighted by molar-refractivity contribution is 0.595. The molecule has 1 aromatic carbocycles. The van der Waals surface area contributed by atoms with Crippen LogP contribution in [0.2, 0.25) is 0 Å². The maximum Gasteiger partial charge on any atom is 0.263 e. The molecular weight excluding hydrogens is 208 g/mol. The third-order valence-electron chi connectivity index (χ3n) is 1.65. The molecule has 0 atom stereocenters. The van der Waals surface area contributed by atoms with E-state index < -0.39 is 10.0 Å². The molecule has 0 spiro atoms. The number of thiocarbonyl (C=S) groups is 1. The summed E-state index contributed by atoms with van der Waals surface area (Å²) in [6.07, 6.45) is 0. The van der Waals surface area contributed by atoms with Gasteiger partial charge in [-0.25, -0.2) is 8.42 Å². The Kier molecular flexibility index (Phi) is 2.38. The fourth-order valence-corrected chi connectivity index (χ4v) is 2.87. The lowest BCUT2D eigenvalue weighted by Gasteiger charge is -1.92. The van der Waals surface area contributed by atoms with Crippen LogP contribution >= 0.6 is 12.2 Å². The lowest BCUT2D eigenvalue weighted by atomic mass is 10.2. The van der Waals surface area contributed by atoms with E-state index in [0.29, 0.717) is 5.56 Å². The lowest BCUT2D eigenvalue weighted by Crippen LogP contribution is -2.19. The van der Waals surface area contributed by atoms with Gasteiger partial charge >= 0.3 is 0 Å². The SMILES string of the molecule is N.O=S1(=O)NC(=S)c2ccccc21. The highest BCUT2D eigenvalue weighted by atomic mass is 32.2. The number of hydrogen-bond donors (Lipinski definition) is 2. The van der Waals surface area contributed by atoms with E-state index in [-0.39, 0.29) is 16.0 Å². The minimum atomic E-state index is -3.35. The molecule has 0 unspecified atom stereocenters. The van der Waals surface area contributed by atoms with Crippen molar-refractivity contribution < 1.29 is 8.42 Å². The summed E-state index contributed by atoms with van der Waals surface area (Å²) in [5.74, 6) is 0. The van der Waals surface area contributed by atoms with Crippen molar-refractivity contribution in [2.75, 3.05) is 0 Å². The monoisotopic (exact) mass is 216 g/mol. The number of benzene rings is 1. The summed E-state index contributed by atoms with van der Waals surface area (Å²) in [7, 11) is -3.35. The van der Waals surface area contributed by atoms with Gasteiger partial charge in [0.25, 0.3) is 10.0 Å². The Morgan fingerprint density at radius 3 is 2.46 bits per heavy atom. The third-order valence-corrected chi connectivity index (χ3v) is 3.51. The van der Waals surface area contributed by atoms with E-state index in [2.05, 4.69) is 4.72 Å². The van der Waals surface area contributed by atoms with Crippen molar-refractivity contribution in [3.05, 3.63) is 29.8 Å². The second kappa shape index (κ2) is 3.06. The first-order valence-electron chi connectivity index (χ1n) is 3.27. The van der Waals surface area contributed by atoms with Crippen molar-refractivity contribution in [3.63, 3.8) is 0 Å². The van der Waals surface area contributed by atoms with Gasteiger partial charge in [-0.05, 0) is 6.07 Å². The van der Waals surface area contributed by atoms with Gasteiger partial charge < -0.3 is 6.15 Å². The molecule has 1 aliphatic rings. The minimum Gasteiger partial charge on any atom is -0.344 e. The Morgan fingerprint density at radius 1 is 1.23 bits per heavy atom. The highest BCUT2D eigenvalue weighted by molar-refractivity contribution is 7.93. The van der Waals surface area contributed by atoms with Gasteiger partial charge in [0.15, 0.2) is 0 Å². The number of sulfonamides is 1. The van der Waals surface area contributed by atoms with Crippen molar-refractivity contribution in [1.82, 2.24) is 10.9 Å². The first kappa shape index (κ1) is 10.1. The number of fused-ring (bicyclic) bond motifs is 1. The maximum absolute atomic E-state index is 11.3. The van der Waals surface area contributed by atoms with Crippen LogP contribution in [0.25, 0.3) is 0 Å². The van der Waals surface area contributed by atoms with Gasteiger partial charge in [0.1, 0.15) is 4.99 Å². The Labute approximate surface area is 81.6 Å². The number of rotatable bonds is 0. The molecule has 6 heteroatoms. The van der Waals surface area contributed by atoms with E-state index >= 15 is 0 Å². The molecule has 2 rings (SSSR count). The zero-order valence-electron chi connectivity index (χ0n) is 6.65. The van der Waals surface area contributed by atoms with Crippen LogP contribution in [0.15, 0.2) is 29.2 Å². The van der Waals surface area contributed by atoms with Crippen LogP contribution in [0, 0.1) is 0 Å². The second-order valence-electron chi connectivity index (χ2n) is 2.43. The summed E-state index contributed by atoms with van der Waals surface area (Å²) >= 11 is 4.83. The minimum absolute atomic E-state index is 0. The van der Waals surface area contributed by atoms with Crippen molar-refractivity contribution in [3.8, 4) is 0 Å². The van der Waals surface area contributed by atoms with Crippen LogP contribution in [0.4, 0.5) is 0 Å². The molecule has 0 amide bonds. The molecule has 0 fully saturated rings. The molecule has 0 radical (unpaired) electrons. The van der Waals surface area contributed by atoms with Gasteiger partial charge in [0, 0.05) is 5.56 Å². The van der Waals surface area contributed by atoms with Crippen LogP contribution in [0.3, 0.4) is 0 Å². The molecule has 13 heavy (non-hydrogen) atoms. The molecule has 1 aromatic rings. The van der Waals surface area contributed by atoms with Gasteiger partial charge in [-0.15, -0.1) is 0 Å². The zero-order chi connectivity index (χ0) is 8.77. The van der Waals surface area contributed by atoms with Crippen molar-refractivity contribution in [2.24, 2.45) is 0 Å². The predicted molar refractivity (Wildman–Crippen MR) is 53.5 cm³/mol. The molecule has 0 bridgehead atoms. The highest BCUT2D eigenvalue weighted by Gasteiger charge is 2.28. The van der Waals surface area contributed by atoms with Crippen LogP contribution in [0.5, 0.6) is 0 Å². The summed E-state index contributed by atoms with van der Waals surface area (Å²) in [5.41, 5.74) is 0.590. The molecule has 1 heterocycles. The summed E-state index contributed by atoms with van der Waals surface area (Å²) < 4.78 is 24.8. The Hall–Kier alpha value is -0.980. The van der Waals surface area contributed by atoms with E-state index in [1.165, 1.54) is 6.07 Å². The van der Waals surface area contributed by atoms with E-state index in [1.54, 1.807) is 18.2 Å². The Morgan fingerprint density at radius 2 is 1.85 bits per heavy atom. The normalized spacial score (nSPS) is 17.1. The van der Waals surface area contributed by atoms with Crippen molar-refractivity contribution in [1.29, 1.82) is 0 Å². The largest absolute Gasteiger partial charge is 0.344 e. The van der Waals surface area contributed by atoms with Crippen LogP contribution in [0.1, 0.15) is 5.56 Å². The molecule has 0 aromatic heterocycles. The van der Waals surface area contributed by atoms with Crippen LogP contribution in [-0.2, 0) is 10.0 Å². The molecule has 0 saturated carbocycles. The van der Waals surface area contributed by atoms with Crippen LogP contribution in [-0.4, -0.2) is 13.4 Å². The molecule has 4 N–H and O–H groups in total. The maximum atomic E-state index is 11.3. The van der Waals surface area contributed by atoms with E-state index in [0.717, 1.165) is 0 Å². The summed E-state index contributed by atoms with van der Waals surface area (Å²) in [6.45, 7) is 0. The average Bonchev–Trinajstić information content (AvgIpc) is 2.25. The van der Waals surface area contributed by atoms with Crippen molar-refractivity contribution >= 4 is 27.2 Å². The van der Waals surface area contributed by atoms with Crippen LogP contribution < -0.4 is 10.9 Å². The molecule has 0 saturated heterocycles. The molecule has 70 valence electrons. The summed E-state index contributed by atoms with van der Waals surface area (Å²) in [4.78, 5) is 0.556. The fraction of sp³-hybridized carbons (Fsp3) is 0. The van der Waals surface area contributed by atoms with Gasteiger partial charge in [-0.3, -0.25) is 4.72 Å². The highest BCUT2D eigenvalue weighted by Crippen LogP contribution is 2.21. The Balaban J connectivity index is 0.000000845. The standard InChI is InChI=1S/C7H5NO2S2.H3N/c9-12(10)6-4-2-1-3-5(6)7(11)8-12;/h1-4H,(H,8,11);1H3. The smallest absolute Gasteiger partial charge is 0.263 e. The number of nitrogens with one attached hydrogen (secondary N) is 1. The quantitative estimate of drug-likeness (QED) is 0.629. The predicted octanol–water partition coefficient (Wildman–Crippen LogP) is 0.816. The fourth-order valence-electron chi connectivity index (χ4n) is 1.12. The first-order chi connectivity index (χ1) is 5.61. The zero-order valence-corrected chi connectivity index (χ0v) is 8.28. The van der Waals surface area contributed by atoms with Gasteiger partial charge in [0.05, 0.1) is 4.90 Å². The summed E-state index contributed by atoms with van der Waals surface area (Å²) in [6, 6.07) is 6.66. The molecule has 4 nitrogen and oxygen atoms in total.